The molecule has 5 nitrogen and oxygen atoms in total. The summed E-state index contributed by atoms with van der Waals surface area (Å²) >= 11 is 3.51. The monoisotopic (exact) mass is 377 g/mol. The first-order valence-electron chi connectivity index (χ1n) is 6.64. The van der Waals surface area contributed by atoms with E-state index in [1.807, 2.05) is 12.1 Å². The number of fused-ring (bicyclic) bond motifs is 1. The maximum absolute atomic E-state index is 12.1. The van der Waals surface area contributed by atoms with Crippen LogP contribution >= 0.6 is 15.9 Å². The number of ether oxygens (including phenoxy) is 2. The summed E-state index contributed by atoms with van der Waals surface area (Å²) in [7, 11) is -1.50. The molecule has 1 atom stereocenters. The fourth-order valence-electron chi connectivity index (χ4n) is 2.39. The molecule has 0 aromatic heterocycles. The molecule has 0 saturated heterocycles. The Bertz CT molecular complexity index is 643. The summed E-state index contributed by atoms with van der Waals surface area (Å²) in [6.45, 7) is 4.44. The van der Waals surface area contributed by atoms with Gasteiger partial charge in [-0.2, -0.15) is 0 Å². The number of benzene rings is 1. The lowest BCUT2D eigenvalue weighted by molar-refractivity contribution is 0.171. The van der Waals surface area contributed by atoms with Gasteiger partial charge in [-0.15, -0.1) is 0 Å². The van der Waals surface area contributed by atoms with Crippen molar-refractivity contribution in [3.63, 3.8) is 0 Å². The summed E-state index contributed by atoms with van der Waals surface area (Å²) in [5, 5.41) is 3.11. The lowest BCUT2D eigenvalue weighted by Crippen LogP contribution is -2.44. The van der Waals surface area contributed by atoms with Gasteiger partial charge in [0.2, 0.25) is 0 Å². The summed E-state index contributed by atoms with van der Waals surface area (Å²) in [5.41, 5.74) is 0.831. The van der Waals surface area contributed by atoms with Gasteiger partial charge in [0.05, 0.1) is 10.8 Å². The third kappa shape index (κ3) is 3.05. The van der Waals surface area contributed by atoms with Gasteiger partial charge in [-0.1, -0.05) is 15.9 Å². The maximum atomic E-state index is 12.1. The molecular weight excluding hydrogens is 358 g/mol. The highest BCUT2D eigenvalue weighted by atomic mass is 79.9. The molecule has 118 valence electrons. The van der Waals surface area contributed by atoms with Gasteiger partial charge < -0.3 is 14.8 Å². The summed E-state index contributed by atoms with van der Waals surface area (Å²) in [4.78, 5) is 0. The smallest absolute Gasteiger partial charge is 0.162 e. The van der Waals surface area contributed by atoms with Crippen molar-refractivity contribution in [3.05, 3.63) is 22.2 Å². The van der Waals surface area contributed by atoms with Gasteiger partial charge in [-0.3, -0.25) is 0 Å². The maximum Gasteiger partial charge on any atom is 0.162 e. The van der Waals surface area contributed by atoms with Crippen molar-refractivity contribution in [2.75, 3.05) is 26.5 Å². The van der Waals surface area contributed by atoms with E-state index in [0.29, 0.717) is 24.7 Å². The van der Waals surface area contributed by atoms with Crippen LogP contribution in [0.25, 0.3) is 0 Å². The predicted molar refractivity (Wildman–Crippen MR) is 85.9 cm³/mol. The zero-order valence-corrected chi connectivity index (χ0v) is 15.0. The van der Waals surface area contributed by atoms with E-state index in [1.54, 1.807) is 20.9 Å². The third-order valence-electron chi connectivity index (χ3n) is 3.91. The van der Waals surface area contributed by atoms with E-state index in [-0.39, 0.29) is 6.04 Å². The number of hydrogen-bond acceptors (Lipinski definition) is 5. The number of rotatable bonds is 4. The van der Waals surface area contributed by atoms with Gasteiger partial charge in [-0.25, -0.2) is 8.42 Å². The van der Waals surface area contributed by atoms with E-state index in [1.165, 1.54) is 6.26 Å². The van der Waals surface area contributed by atoms with Crippen molar-refractivity contribution < 1.29 is 17.9 Å². The molecule has 1 aromatic carbocycles. The van der Waals surface area contributed by atoms with Crippen LogP contribution in [0.15, 0.2) is 16.6 Å². The Kier molecular flexibility index (Phi) is 4.56. The van der Waals surface area contributed by atoms with Crippen LogP contribution in [0.4, 0.5) is 0 Å². The Morgan fingerprint density at radius 3 is 2.24 bits per heavy atom. The second-order valence-corrected chi connectivity index (χ2v) is 9.07. The Morgan fingerprint density at radius 2 is 1.76 bits per heavy atom. The molecule has 0 amide bonds. The fourth-order valence-corrected chi connectivity index (χ4v) is 3.62. The van der Waals surface area contributed by atoms with Gasteiger partial charge in [0.25, 0.3) is 0 Å². The van der Waals surface area contributed by atoms with Crippen LogP contribution in [0.3, 0.4) is 0 Å². The molecule has 0 aliphatic carbocycles. The second kappa shape index (κ2) is 5.78. The van der Waals surface area contributed by atoms with Crippen molar-refractivity contribution in [1.29, 1.82) is 0 Å². The van der Waals surface area contributed by atoms with E-state index < -0.39 is 14.6 Å². The van der Waals surface area contributed by atoms with E-state index in [2.05, 4.69) is 21.2 Å². The normalized spacial score (nSPS) is 16.6. The molecule has 2 rings (SSSR count). The van der Waals surface area contributed by atoms with Crippen molar-refractivity contribution in [2.45, 2.75) is 24.6 Å². The summed E-state index contributed by atoms with van der Waals surface area (Å²) in [5.74, 6) is 1.31. The predicted octanol–water partition coefficient (Wildman–Crippen LogP) is 2.30. The second-order valence-electron chi connectivity index (χ2n) is 5.61. The molecule has 1 N–H and O–H groups in total. The minimum atomic E-state index is -3.26. The SMILES string of the molecule is CNC(c1cc2c(cc1Br)OCCO2)C(C)(C)S(C)(=O)=O. The summed E-state index contributed by atoms with van der Waals surface area (Å²) in [6.07, 6.45) is 1.25. The number of sulfone groups is 1. The van der Waals surface area contributed by atoms with Gasteiger partial charge >= 0.3 is 0 Å². The molecule has 1 heterocycles. The van der Waals surface area contributed by atoms with Crippen LogP contribution in [0, 0.1) is 0 Å². The van der Waals surface area contributed by atoms with Gasteiger partial charge in [0, 0.05) is 10.7 Å². The molecule has 1 aliphatic rings. The van der Waals surface area contributed by atoms with E-state index >= 15 is 0 Å². The number of halogens is 1. The lowest BCUT2D eigenvalue weighted by atomic mass is 9.95. The van der Waals surface area contributed by atoms with Crippen molar-refractivity contribution >= 4 is 25.8 Å². The third-order valence-corrected chi connectivity index (χ3v) is 6.75. The molecule has 0 fully saturated rings. The first kappa shape index (κ1) is 16.6. The molecule has 7 heteroatoms. The topological polar surface area (TPSA) is 64.6 Å². The average Bonchev–Trinajstić information content (AvgIpc) is 2.38. The number of hydrogen-bond donors (Lipinski definition) is 1. The van der Waals surface area contributed by atoms with Crippen LogP contribution in [-0.4, -0.2) is 39.7 Å². The van der Waals surface area contributed by atoms with Crippen LogP contribution in [0.5, 0.6) is 11.5 Å². The van der Waals surface area contributed by atoms with Crippen LogP contribution in [-0.2, 0) is 9.84 Å². The highest BCUT2D eigenvalue weighted by Gasteiger charge is 2.40. The van der Waals surface area contributed by atoms with Crippen LogP contribution in [0.1, 0.15) is 25.5 Å². The van der Waals surface area contributed by atoms with Gasteiger partial charge in [-0.05, 0) is 38.6 Å². The molecule has 1 unspecified atom stereocenters. The van der Waals surface area contributed by atoms with Gasteiger partial charge in [0.15, 0.2) is 21.3 Å². The van der Waals surface area contributed by atoms with Crippen molar-refractivity contribution in [1.82, 2.24) is 5.32 Å². The average molecular weight is 378 g/mol. The standard InChI is InChI=1S/C14H20BrNO4S/c1-14(2,21(4,17)18)13(16-3)9-7-11-12(8-10(9)15)20-6-5-19-11/h7-8,13,16H,5-6H2,1-4H3. The largest absolute Gasteiger partial charge is 0.486 e. The fraction of sp³-hybridized carbons (Fsp3) is 0.571. The quantitative estimate of drug-likeness (QED) is 0.871. The van der Waals surface area contributed by atoms with Crippen molar-refractivity contribution in [2.24, 2.45) is 0 Å². The highest BCUT2D eigenvalue weighted by molar-refractivity contribution is 9.10. The Labute approximate surface area is 134 Å². The van der Waals surface area contributed by atoms with E-state index in [9.17, 15) is 8.42 Å². The first-order valence-corrected chi connectivity index (χ1v) is 9.33. The number of nitrogens with one attached hydrogen (secondary N) is 1. The highest BCUT2D eigenvalue weighted by Crippen LogP contribution is 2.42. The van der Waals surface area contributed by atoms with E-state index in [4.69, 9.17) is 9.47 Å². The molecule has 0 bridgehead atoms. The summed E-state index contributed by atoms with van der Waals surface area (Å²) in [6, 6.07) is 3.29. The molecule has 0 saturated carbocycles. The zero-order chi connectivity index (χ0) is 15.8. The first-order chi connectivity index (χ1) is 9.68. The van der Waals surface area contributed by atoms with E-state index in [0.717, 1.165) is 10.0 Å². The lowest BCUT2D eigenvalue weighted by Gasteiger charge is -2.34. The Balaban J connectivity index is 2.53. The molecule has 1 aliphatic heterocycles. The van der Waals surface area contributed by atoms with Crippen molar-refractivity contribution in [3.8, 4) is 11.5 Å². The van der Waals surface area contributed by atoms with Gasteiger partial charge in [0.1, 0.15) is 13.2 Å². The molecule has 1 aromatic rings. The molecule has 0 radical (unpaired) electrons. The molecule has 0 spiro atoms. The summed E-state index contributed by atoms with van der Waals surface area (Å²) < 4.78 is 35.2. The molecule has 21 heavy (non-hydrogen) atoms. The minimum Gasteiger partial charge on any atom is -0.486 e. The molecular formula is C14H20BrNO4S. The minimum absolute atomic E-state index is 0.377. The Morgan fingerprint density at radius 1 is 1.24 bits per heavy atom. The van der Waals surface area contributed by atoms with Crippen LogP contribution in [0.2, 0.25) is 0 Å². The zero-order valence-electron chi connectivity index (χ0n) is 12.6. The van der Waals surface area contributed by atoms with Crippen LogP contribution < -0.4 is 14.8 Å². The Hall–Kier alpha value is -0.790.